The van der Waals surface area contributed by atoms with Crippen molar-refractivity contribution in [3.63, 3.8) is 0 Å². The molecule has 0 aliphatic carbocycles. The highest BCUT2D eigenvalue weighted by Gasteiger charge is 2.19. The van der Waals surface area contributed by atoms with Crippen LogP contribution in [0.1, 0.15) is 56.7 Å². The fourth-order valence-electron chi connectivity index (χ4n) is 11.2. The molecule has 0 amide bonds. The molecule has 0 saturated carbocycles. The SMILES string of the molecule is C(#Cc1c2nc(c(-c3ccccc3)c3ccc(cc4nc(c(-c5ccccc5)c5ccc1[nH]5)C=C4)[nH]3)C=C2)c1ccc(-c2c3nc(c(-c4ccccc4)c4ccc(cc5nc(c(-c6ccccc6)c6ccc2[nH]6)C=C5)[nH]4)C=C3)cc1. The van der Waals surface area contributed by atoms with Crippen LogP contribution in [0.25, 0.3) is 148 Å². The van der Waals surface area contributed by atoms with Crippen LogP contribution in [0.15, 0.2) is 206 Å². The molecule has 0 saturated heterocycles. The molecular formula is C72H46N8. The molecule has 0 fully saturated rings. The second kappa shape index (κ2) is 19.5. The number of hydrogen-bond donors (Lipinski definition) is 4. The number of nitrogens with zero attached hydrogens (tertiary/aromatic N) is 4. The van der Waals surface area contributed by atoms with E-state index < -0.39 is 0 Å². The minimum absolute atomic E-state index is 0.758. The number of aromatic amines is 4. The molecule has 80 heavy (non-hydrogen) atoms. The summed E-state index contributed by atoms with van der Waals surface area (Å²) in [4.78, 5) is 36.2. The number of nitrogens with one attached hydrogen (secondary N) is 4. The summed E-state index contributed by atoms with van der Waals surface area (Å²) in [6.45, 7) is 0. The molecule has 5 aromatic carbocycles. The van der Waals surface area contributed by atoms with Crippen LogP contribution in [-0.4, -0.2) is 39.9 Å². The molecule has 4 aliphatic heterocycles. The highest BCUT2D eigenvalue weighted by molar-refractivity contribution is 5.99. The van der Waals surface area contributed by atoms with Crippen LogP contribution in [-0.2, 0) is 0 Å². The van der Waals surface area contributed by atoms with E-state index in [4.69, 9.17) is 19.9 Å². The Hall–Kier alpha value is -11.1. The molecule has 16 bridgehead atoms. The zero-order valence-electron chi connectivity index (χ0n) is 43.0. The Labute approximate surface area is 460 Å². The Morgan fingerprint density at radius 1 is 0.250 bits per heavy atom. The Bertz CT molecular complexity index is 4770. The minimum Gasteiger partial charge on any atom is -0.355 e. The normalized spacial score (nSPS) is 12.2. The number of rotatable bonds is 5. The smallest absolute Gasteiger partial charge is 0.0815 e. The summed E-state index contributed by atoms with van der Waals surface area (Å²) in [7, 11) is 0. The van der Waals surface area contributed by atoms with Crippen molar-refractivity contribution in [3.8, 4) is 67.5 Å². The van der Waals surface area contributed by atoms with Gasteiger partial charge in [-0.1, -0.05) is 145 Å². The summed E-state index contributed by atoms with van der Waals surface area (Å²) in [6, 6.07) is 71.4. The molecule has 15 rings (SSSR count). The summed E-state index contributed by atoms with van der Waals surface area (Å²) in [5, 5.41) is 0. The zero-order chi connectivity index (χ0) is 52.9. The van der Waals surface area contributed by atoms with Gasteiger partial charge < -0.3 is 19.9 Å². The molecule has 0 atom stereocenters. The second-order valence-electron chi connectivity index (χ2n) is 20.0. The number of fused-ring (bicyclic) bond motifs is 16. The quantitative estimate of drug-likeness (QED) is 0.129. The third kappa shape index (κ3) is 8.58. The van der Waals surface area contributed by atoms with Gasteiger partial charge in [0.15, 0.2) is 0 Å². The average Bonchev–Trinajstić information content (AvgIpc) is 4.39. The molecule has 11 aromatic rings. The van der Waals surface area contributed by atoms with Crippen molar-refractivity contribution >= 4 is 92.7 Å². The maximum absolute atomic E-state index is 5.47. The van der Waals surface area contributed by atoms with Gasteiger partial charge in [-0.15, -0.1) is 0 Å². The highest BCUT2D eigenvalue weighted by Crippen LogP contribution is 2.38. The summed E-state index contributed by atoms with van der Waals surface area (Å²) < 4.78 is 0. The third-order valence-electron chi connectivity index (χ3n) is 14.9. The molecule has 4 N–H and O–H groups in total. The van der Waals surface area contributed by atoms with E-state index in [1.165, 1.54) is 0 Å². The molecule has 6 aromatic heterocycles. The first-order valence-electron chi connectivity index (χ1n) is 26.7. The van der Waals surface area contributed by atoms with Crippen LogP contribution in [0, 0.1) is 11.8 Å². The Balaban J connectivity index is 0.932. The molecular weight excluding hydrogens is 977 g/mol. The first kappa shape index (κ1) is 46.2. The van der Waals surface area contributed by atoms with Gasteiger partial charge in [0.25, 0.3) is 0 Å². The number of benzene rings is 5. The van der Waals surface area contributed by atoms with Gasteiger partial charge in [-0.3, -0.25) is 0 Å². The van der Waals surface area contributed by atoms with Crippen molar-refractivity contribution in [2.24, 2.45) is 0 Å². The van der Waals surface area contributed by atoms with Crippen molar-refractivity contribution in [1.29, 1.82) is 0 Å². The van der Waals surface area contributed by atoms with Crippen LogP contribution in [0.4, 0.5) is 0 Å². The monoisotopic (exact) mass is 1020 g/mol. The standard InChI is InChI=1S/C72H46N8/c1-5-13-46(14-6-1)68-58-31-26-51(73-58)43-52-27-32-59(74-52)69(47-15-7-2-8-16-47)63-38-36-57(78-63)55(56-35-37-62(68)77-56)30-23-45-21-24-50(25-22-45)72-66-41-39-64(79-66)70(48-17-9-3-10-18-48)60-33-28-53(75-60)44-54-29-34-61(76-54)71(49-19-11-4-12-20-49)65-40-42-67(72)80-65/h1-22,24-29,31-44,73,75,78,80H. The van der Waals surface area contributed by atoms with Crippen molar-refractivity contribution < 1.29 is 0 Å². The lowest BCUT2D eigenvalue weighted by Crippen LogP contribution is -1.89. The Kier molecular flexibility index (Phi) is 11.2. The van der Waals surface area contributed by atoms with E-state index >= 15 is 0 Å². The van der Waals surface area contributed by atoms with Crippen LogP contribution in [0.3, 0.4) is 0 Å². The maximum atomic E-state index is 5.47. The highest BCUT2D eigenvalue weighted by atomic mass is 14.8. The fraction of sp³-hybridized carbons (Fsp3) is 0. The lowest BCUT2D eigenvalue weighted by molar-refractivity contribution is 1.30. The summed E-state index contributed by atoms with van der Waals surface area (Å²) in [6.07, 6.45) is 16.8. The molecule has 374 valence electrons. The molecule has 4 aliphatic rings. The maximum Gasteiger partial charge on any atom is 0.0815 e. The van der Waals surface area contributed by atoms with E-state index in [1.807, 2.05) is 24.3 Å². The largest absolute Gasteiger partial charge is 0.355 e. The van der Waals surface area contributed by atoms with Crippen molar-refractivity contribution in [3.05, 3.63) is 263 Å². The molecule has 10 heterocycles. The summed E-state index contributed by atoms with van der Waals surface area (Å²) in [5.41, 5.74) is 26.0. The van der Waals surface area contributed by atoms with Gasteiger partial charge in [-0.2, -0.15) is 0 Å². The van der Waals surface area contributed by atoms with E-state index in [-0.39, 0.29) is 0 Å². The van der Waals surface area contributed by atoms with E-state index in [0.717, 1.165) is 156 Å². The van der Waals surface area contributed by atoms with Crippen molar-refractivity contribution in [2.45, 2.75) is 0 Å². The molecule has 8 nitrogen and oxygen atoms in total. The first-order chi connectivity index (χ1) is 39.6. The van der Waals surface area contributed by atoms with E-state index in [0.29, 0.717) is 0 Å². The van der Waals surface area contributed by atoms with Gasteiger partial charge in [0.1, 0.15) is 0 Å². The van der Waals surface area contributed by atoms with Crippen LogP contribution < -0.4 is 0 Å². The lowest BCUT2D eigenvalue weighted by atomic mass is 10.0. The predicted molar refractivity (Wildman–Crippen MR) is 331 cm³/mol. The van der Waals surface area contributed by atoms with Crippen LogP contribution >= 0.6 is 0 Å². The summed E-state index contributed by atoms with van der Waals surface area (Å²) >= 11 is 0. The number of H-pyrrole nitrogens is 4. The number of aromatic nitrogens is 8. The molecule has 8 heteroatoms. The number of hydrogen-bond acceptors (Lipinski definition) is 4. The van der Waals surface area contributed by atoms with Gasteiger partial charge in [0, 0.05) is 72.0 Å². The van der Waals surface area contributed by atoms with E-state index in [9.17, 15) is 0 Å². The van der Waals surface area contributed by atoms with E-state index in [1.54, 1.807) is 0 Å². The van der Waals surface area contributed by atoms with Crippen molar-refractivity contribution in [1.82, 2.24) is 39.9 Å². The average molecular weight is 1020 g/mol. The molecule has 0 spiro atoms. The molecule has 0 radical (unpaired) electrons. The van der Waals surface area contributed by atoms with E-state index in [2.05, 4.69) is 262 Å². The van der Waals surface area contributed by atoms with Crippen LogP contribution in [0.2, 0.25) is 0 Å². The van der Waals surface area contributed by atoms with Gasteiger partial charge in [0.2, 0.25) is 0 Å². The molecule has 0 unspecified atom stereocenters. The third-order valence-corrected chi connectivity index (χ3v) is 14.9. The van der Waals surface area contributed by atoms with Crippen LogP contribution in [0.5, 0.6) is 0 Å². The lowest BCUT2D eigenvalue weighted by Gasteiger charge is -2.06. The zero-order valence-corrected chi connectivity index (χ0v) is 43.0. The first-order valence-corrected chi connectivity index (χ1v) is 26.7. The summed E-state index contributed by atoms with van der Waals surface area (Å²) in [5.74, 6) is 7.21. The van der Waals surface area contributed by atoms with Gasteiger partial charge in [0.05, 0.1) is 56.6 Å². The van der Waals surface area contributed by atoms with Gasteiger partial charge in [-0.25, -0.2) is 19.9 Å². The predicted octanol–water partition coefficient (Wildman–Crippen LogP) is 17.4. The second-order valence-corrected chi connectivity index (χ2v) is 20.0. The van der Waals surface area contributed by atoms with Gasteiger partial charge in [-0.05, 0) is 149 Å². The minimum atomic E-state index is 0.758. The fourth-order valence-corrected chi connectivity index (χ4v) is 11.2. The van der Waals surface area contributed by atoms with Crippen molar-refractivity contribution in [2.75, 3.05) is 0 Å². The van der Waals surface area contributed by atoms with Gasteiger partial charge >= 0.3 is 0 Å². The Morgan fingerprint density at radius 3 is 1.01 bits per heavy atom. The Morgan fingerprint density at radius 2 is 0.575 bits per heavy atom. The topological polar surface area (TPSA) is 115 Å².